The number of anilines is 1. The van der Waals surface area contributed by atoms with E-state index in [4.69, 9.17) is 5.73 Å². The number of carbonyl (C=O) groups excluding carboxylic acids is 1. The second-order valence-corrected chi connectivity index (χ2v) is 7.61. The lowest BCUT2D eigenvalue weighted by Gasteiger charge is -2.15. The average molecular weight is 304 g/mol. The molecule has 1 aromatic carbocycles. The summed E-state index contributed by atoms with van der Waals surface area (Å²) in [7, 11) is 0. The third-order valence-corrected chi connectivity index (χ3v) is 5.98. The maximum atomic E-state index is 12.2. The van der Waals surface area contributed by atoms with Crippen LogP contribution in [0.25, 0.3) is 0 Å². The number of thioether (sulfide) groups is 1. The van der Waals surface area contributed by atoms with E-state index in [0.29, 0.717) is 0 Å². The summed E-state index contributed by atoms with van der Waals surface area (Å²) >= 11 is 1.97. The molecule has 0 bridgehead atoms. The zero-order valence-corrected chi connectivity index (χ0v) is 13.2. The van der Waals surface area contributed by atoms with Gasteiger partial charge in [-0.25, -0.2) is 0 Å². The Labute approximate surface area is 131 Å². The van der Waals surface area contributed by atoms with Crippen molar-refractivity contribution in [3.8, 4) is 0 Å². The first-order valence-electron chi connectivity index (χ1n) is 8.05. The van der Waals surface area contributed by atoms with Crippen LogP contribution in [-0.2, 0) is 4.79 Å². The molecule has 0 aromatic heterocycles. The first-order chi connectivity index (χ1) is 10.2. The predicted molar refractivity (Wildman–Crippen MR) is 88.5 cm³/mol. The Morgan fingerprint density at radius 3 is 2.38 bits per heavy atom. The highest BCUT2D eigenvalue weighted by molar-refractivity contribution is 8.00. The Kier molecular flexibility index (Phi) is 4.86. The van der Waals surface area contributed by atoms with Gasteiger partial charge < -0.3 is 11.1 Å². The van der Waals surface area contributed by atoms with Crippen molar-refractivity contribution in [1.82, 2.24) is 0 Å². The van der Waals surface area contributed by atoms with E-state index in [2.05, 4.69) is 17.4 Å². The Bertz CT molecular complexity index is 482. The molecule has 0 heterocycles. The molecule has 2 fully saturated rings. The third kappa shape index (κ3) is 3.80. The van der Waals surface area contributed by atoms with Crippen molar-refractivity contribution in [1.29, 1.82) is 0 Å². The molecule has 0 aliphatic heterocycles. The number of nitrogens with one attached hydrogen (secondary N) is 1. The number of benzene rings is 1. The molecule has 2 unspecified atom stereocenters. The minimum absolute atomic E-state index is 0.0162. The van der Waals surface area contributed by atoms with Gasteiger partial charge in [-0.2, -0.15) is 0 Å². The molecule has 2 aliphatic carbocycles. The summed E-state index contributed by atoms with van der Waals surface area (Å²) in [5, 5.41) is 3.79. The molecule has 1 amide bonds. The Balaban J connectivity index is 1.55. The van der Waals surface area contributed by atoms with Gasteiger partial charge in [0.15, 0.2) is 0 Å². The number of hydrogen-bond donors (Lipinski definition) is 2. The molecule has 3 rings (SSSR count). The van der Waals surface area contributed by atoms with Gasteiger partial charge >= 0.3 is 0 Å². The van der Waals surface area contributed by atoms with Gasteiger partial charge in [-0.05, 0) is 49.9 Å². The molecule has 1 aromatic rings. The zero-order valence-electron chi connectivity index (χ0n) is 12.4. The monoisotopic (exact) mass is 304 g/mol. The minimum Gasteiger partial charge on any atom is -0.327 e. The quantitative estimate of drug-likeness (QED) is 0.890. The fraction of sp³-hybridized carbons (Fsp3) is 0.588. The van der Waals surface area contributed by atoms with Gasteiger partial charge in [-0.3, -0.25) is 4.79 Å². The van der Waals surface area contributed by atoms with Crippen LogP contribution in [-0.4, -0.2) is 17.2 Å². The molecular formula is C17H24N2OS. The summed E-state index contributed by atoms with van der Waals surface area (Å²) in [4.78, 5) is 13.5. The fourth-order valence-corrected chi connectivity index (χ4v) is 4.61. The van der Waals surface area contributed by atoms with Crippen molar-refractivity contribution in [2.24, 2.45) is 11.7 Å². The van der Waals surface area contributed by atoms with Crippen molar-refractivity contribution in [2.45, 2.75) is 61.1 Å². The SMILES string of the molecule is NC1CCCC1C(=O)Nc1ccc(SC2CCCC2)cc1. The van der Waals surface area contributed by atoms with Crippen molar-refractivity contribution < 1.29 is 4.79 Å². The second kappa shape index (κ2) is 6.84. The fourth-order valence-electron chi connectivity index (χ4n) is 3.36. The van der Waals surface area contributed by atoms with Gasteiger partial charge in [0.1, 0.15) is 0 Å². The summed E-state index contributed by atoms with van der Waals surface area (Å²) < 4.78 is 0. The summed E-state index contributed by atoms with van der Waals surface area (Å²) in [5.41, 5.74) is 6.87. The van der Waals surface area contributed by atoms with Gasteiger partial charge in [0, 0.05) is 21.9 Å². The van der Waals surface area contributed by atoms with Gasteiger partial charge in [0.05, 0.1) is 5.92 Å². The topological polar surface area (TPSA) is 55.1 Å². The number of hydrogen-bond acceptors (Lipinski definition) is 3. The van der Waals surface area contributed by atoms with Crippen LogP contribution in [0.15, 0.2) is 29.2 Å². The van der Waals surface area contributed by atoms with Gasteiger partial charge in [-0.15, -0.1) is 11.8 Å². The molecule has 0 radical (unpaired) electrons. The van der Waals surface area contributed by atoms with Crippen LogP contribution in [0.4, 0.5) is 5.69 Å². The summed E-state index contributed by atoms with van der Waals surface area (Å²) in [6.45, 7) is 0. The highest BCUT2D eigenvalue weighted by Gasteiger charge is 2.30. The Morgan fingerprint density at radius 2 is 1.76 bits per heavy atom. The van der Waals surface area contributed by atoms with E-state index in [9.17, 15) is 4.79 Å². The average Bonchev–Trinajstić information content (AvgIpc) is 3.12. The number of carbonyl (C=O) groups is 1. The molecule has 2 aliphatic rings. The second-order valence-electron chi connectivity index (χ2n) is 6.24. The van der Waals surface area contributed by atoms with E-state index in [-0.39, 0.29) is 17.9 Å². The molecule has 3 N–H and O–H groups in total. The molecule has 0 saturated heterocycles. The lowest BCUT2D eigenvalue weighted by Crippen LogP contribution is -2.34. The third-order valence-electron chi connectivity index (χ3n) is 4.63. The summed E-state index contributed by atoms with van der Waals surface area (Å²) in [6, 6.07) is 8.29. The van der Waals surface area contributed by atoms with E-state index in [0.717, 1.165) is 30.2 Å². The van der Waals surface area contributed by atoms with Crippen LogP contribution in [0.3, 0.4) is 0 Å². The van der Waals surface area contributed by atoms with Gasteiger partial charge in [0.2, 0.25) is 5.91 Å². The Morgan fingerprint density at radius 1 is 1.05 bits per heavy atom. The van der Waals surface area contributed by atoms with E-state index < -0.39 is 0 Å². The van der Waals surface area contributed by atoms with Gasteiger partial charge in [0.25, 0.3) is 0 Å². The highest BCUT2D eigenvalue weighted by atomic mass is 32.2. The first kappa shape index (κ1) is 14.9. The van der Waals surface area contributed by atoms with E-state index >= 15 is 0 Å². The molecule has 2 atom stereocenters. The normalized spacial score (nSPS) is 26.1. The van der Waals surface area contributed by atoms with Crippen molar-refractivity contribution in [3.05, 3.63) is 24.3 Å². The van der Waals surface area contributed by atoms with Crippen molar-refractivity contribution >= 4 is 23.4 Å². The maximum Gasteiger partial charge on any atom is 0.229 e. The van der Waals surface area contributed by atoms with Crippen LogP contribution in [0, 0.1) is 5.92 Å². The molecule has 2 saturated carbocycles. The van der Waals surface area contributed by atoms with Crippen LogP contribution in [0.1, 0.15) is 44.9 Å². The molecule has 21 heavy (non-hydrogen) atoms. The van der Waals surface area contributed by atoms with Crippen molar-refractivity contribution in [3.63, 3.8) is 0 Å². The van der Waals surface area contributed by atoms with Crippen molar-refractivity contribution in [2.75, 3.05) is 5.32 Å². The van der Waals surface area contributed by atoms with E-state index in [1.807, 2.05) is 23.9 Å². The first-order valence-corrected chi connectivity index (χ1v) is 8.93. The molecule has 3 nitrogen and oxygen atoms in total. The minimum atomic E-state index is -0.0162. The number of amides is 1. The zero-order chi connectivity index (χ0) is 14.7. The standard InChI is InChI=1S/C17H24N2OS/c18-16-7-3-6-15(16)17(20)19-12-8-10-14(11-9-12)21-13-4-1-2-5-13/h8-11,13,15-16H,1-7,18H2,(H,19,20). The molecular weight excluding hydrogens is 280 g/mol. The van der Waals surface area contributed by atoms with Gasteiger partial charge in [-0.1, -0.05) is 19.3 Å². The summed E-state index contributed by atoms with van der Waals surface area (Å²) in [5.74, 6) is 0.0636. The van der Waals surface area contributed by atoms with Crippen LogP contribution < -0.4 is 11.1 Å². The Hall–Kier alpha value is -1.00. The van der Waals surface area contributed by atoms with E-state index in [1.165, 1.54) is 30.6 Å². The highest BCUT2D eigenvalue weighted by Crippen LogP contribution is 2.35. The lowest BCUT2D eigenvalue weighted by molar-refractivity contribution is -0.120. The number of rotatable bonds is 4. The van der Waals surface area contributed by atoms with Crippen LogP contribution in [0.2, 0.25) is 0 Å². The molecule has 0 spiro atoms. The van der Waals surface area contributed by atoms with Crippen LogP contribution in [0.5, 0.6) is 0 Å². The lowest BCUT2D eigenvalue weighted by atomic mass is 10.0. The maximum absolute atomic E-state index is 12.2. The predicted octanol–water partition coefficient (Wildman–Crippen LogP) is 3.79. The molecule has 4 heteroatoms. The molecule has 114 valence electrons. The van der Waals surface area contributed by atoms with E-state index in [1.54, 1.807) is 0 Å². The largest absolute Gasteiger partial charge is 0.327 e. The smallest absolute Gasteiger partial charge is 0.229 e. The number of nitrogens with two attached hydrogens (primary N) is 1. The summed E-state index contributed by atoms with van der Waals surface area (Å²) in [6.07, 6.45) is 8.36. The van der Waals surface area contributed by atoms with Crippen LogP contribution >= 0.6 is 11.8 Å².